The van der Waals surface area contributed by atoms with Gasteiger partial charge in [0.2, 0.25) is 5.91 Å². The molecule has 3 heterocycles. The van der Waals surface area contributed by atoms with E-state index in [1.807, 2.05) is 41.8 Å². The fraction of sp³-hybridized carbons (Fsp3) is 0.133. The molecular weight excluding hydrogens is 284 g/mol. The summed E-state index contributed by atoms with van der Waals surface area (Å²) in [6.45, 7) is 1.55. The summed E-state index contributed by atoms with van der Waals surface area (Å²) < 4.78 is 0. The Labute approximate surface area is 125 Å². The predicted molar refractivity (Wildman–Crippen MR) is 82.6 cm³/mol. The van der Waals surface area contributed by atoms with Gasteiger partial charge in [-0.1, -0.05) is 18.2 Å². The van der Waals surface area contributed by atoms with Gasteiger partial charge in [-0.25, -0.2) is 20.0 Å². The lowest BCUT2D eigenvalue weighted by Crippen LogP contribution is -2.45. The van der Waals surface area contributed by atoms with Gasteiger partial charge in [0.25, 0.3) is 0 Å². The third-order valence-corrected chi connectivity index (χ3v) is 4.41. The molecule has 2 aromatic rings. The zero-order valence-corrected chi connectivity index (χ0v) is 12.1. The highest BCUT2D eigenvalue weighted by molar-refractivity contribution is 7.10. The van der Waals surface area contributed by atoms with Crippen molar-refractivity contribution in [2.45, 2.75) is 13.1 Å². The molecule has 2 aliphatic rings. The Hall–Kier alpha value is -2.47. The van der Waals surface area contributed by atoms with Crippen LogP contribution < -0.4 is 0 Å². The molecule has 1 atom stereocenters. The number of rotatable bonds is 1. The normalized spacial score (nSPS) is 19.3. The molecule has 0 saturated carbocycles. The zero-order valence-electron chi connectivity index (χ0n) is 11.3. The van der Waals surface area contributed by atoms with Crippen molar-refractivity contribution in [3.8, 4) is 0 Å². The van der Waals surface area contributed by atoms with E-state index in [0.29, 0.717) is 0 Å². The summed E-state index contributed by atoms with van der Waals surface area (Å²) in [5.74, 6) is 0.715. The van der Waals surface area contributed by atoms with Crippen LogP contribution in [0.4, 0.5) is 5.69 Å². The number of thiophene rings is 1. The molecular formula is C15H12N4OS. The van der Waals surface area contributed by atoms with Crippen molar-refractivity contribution in [2.24, 2.45) is 9.98 Å². The van der Waals surface area contributed by atoms with Crippen LogP contribution in [0.5, 0.6) is 0 Å². The molecule has 1 aromatic heterocycles. The van der Waals surface area contributed by atoms with Crippen LogP contribution in [0.25, 0.3) is 0 Å². The second-order valence-electron chi connectivity index (χ2n) is 4.81. The number of fused-ring (bicyclic) bond motifs is 3. The topological polar surface area (TPSA) is 48.3 Å². The van der Waals surface area contributed by atoms with E-state index in [2.05, 4.69) is 4.99 Å². The van der Waals surface area contributed by atoms with E-state index in [4.69, 9.17) is 4.99 Å². The average Bonchev–Trinajstić information content (AvgIpc) is 3.13. The Morgan fingerprint density at radius 1 is 1.24 bits per heavy atom. The van der Waals surface area contributed by atoms with E-state index in [9.17, 15) is 4.79 Å². The van der Waals surface area contributed by atoms with Crippen LogP contribution in [0, 0.1) is 0 Å². The Balaban J connectivity index is 1.87. The first-order valence-electron chi connectivity index (χ1n) is 6.59. The zero-order chi connectivity index (χ0) is 14.4. The predicted octanol–water partition coefficient (Wildman–Crippen LogP) is 2.95. The first-order chi connectivity index (χ1) is 10.3. The molecule has 5 nitrogen and oxygen atoms in total. The Kier molecular flexibility index (Phi) is 2.65. The molecule has 1 unspecified atom stereocenters. The van der Waals surface area contributed by atoms with Crippen LogP contribution in [0.2, 0.25) is 0 Å². The molecule has 1 amide bonds. The molecule has 0 saturated heterocycles. The molecule has 21 heavy (non-hydrogen) atoms. The van der Waals surface area contributed by atoms with Crippen molar-refractivity contribution in [1.82, 2.24) is 10.0 Å². The SMILES string of the molecule is CC(=O)N1C(c2cccs2)N=C2c3ccccc3N=CN21. The number of hydrazine groups is 1. The molecule has 0 fully saturated rings. The lowest BCUT2D eigenvalue weighted by Gasteiger charge is -2.30. The van der Waals surface area contributed by atoms with Crippen molar-refractivity contribution in [3.05, 3.63) is 52.2 Å². The molecule has 0 aliphatic carbocycles. The fourth-order valence-electron chi connectivity index (χ4n) is 2.59. The summed E-state index contributed by atoms with van der Waals surface area (Å²) in [6, 6.07) is 11.8. The van der Waals surface area contributed by atoms with E-state index in [1.54, 1.807) is 34.6 Å². The van der Waals surface area contributed by atoms with Gasteiger partial charge in [0.1, 0.15) is 6.34 Å². The highest BCUT2D eigenvalue weighted by Crippen LogP contribution is 2.37. The van der Waals surface area contributed by atoms with Crippen LogP contribution in [-0.2, 0) is 4.79 Å². The molecule has 0 bridgehead atoms. The van der Waals surface area contributed by atoms with Crippen LogP contribution in [0.3, 0.4) is 0 Å². The van der Waals surface area contributed by atoms with E-state index >= 15 is 0 Å². The number of aliphatic imine (C=N–C) groups is 2. The largest absolute Gasteiger partial charge is 0.273 e. The number of carbonyl (C=O) groups is 1. The van der Waals surface area contributed by atoms with Gasteiger partial charge in [-0.05, 0) is 23.6 Å². The van der Waals surface area contributed by atoms with E-state index in [-0.39, 0.29) is 12.1 Å². The number of benzene rings is 1. The number of amidine groups is 1. The standard InChI is InChI=1S/C15H12N4OS/c1-10(20)19-15(13-7-4-8-21-13)17-14-11-5-2-3-6-12(11)16-9-18(14)19/h2-9,15H,1H3. The average molecular weight is 296 g/mol. The maximum atomic E-state index is 12.1. The maximum Gasteiger partial charge on any atom is 0.240 e. The summed E-state index contributed by atoms with van der Waals surface area (Å²) in [4.78, 5) is 22.3. The van der Waals surface area contributed by atoms with Gasteiger partial charge in [-0.15, -0.1) is 11.3 Å². The maximum absolute atomic E-state index is 12.1. The Bertz CT molecular complexity index is 766. The number of hydrogen-bond donors (Lipinski definition) is 0. The number of carbonyl (C=O) groups excluding carboxylic acids is 1. The Morgan fingerprint density at radius 3 is 2.86 bits per heavy atom. The summed E-state index contributed by atoms with van der Waals surface area (Å²) in [5.41, 5.74) is 1.83. The van der Waals surface area contributed by atoms with Crippen LogP contribution in [0.1, 0.15) is 23.5 Å². The summed E-state index contributed by atoms with van der Waals surface area (Å²) in [5, 5.41) is 5.38. The monoisotopic (exact) mass is 296 g/mol. The van der Waals surface area contributed by atoms with Gasteiger partial charge in [-0.2, -0.15) is 0 Å². The highest BCUT2D eigenvalue weighted by Gasteiger charge is 2.39. The second-order valence-corrected chi connectivity index (χ2v) is 5.79. The molecule has 0 N–H and O–H groups in total. The van der Waals surface area contributed by atoms with Gasteiger partial charge < -0.3 is 0 Å². The van der Waals surface area contributed by atoms with E-state index in [0.717, 1.165) is 22.0 Å². The number of para-hydroxylation sites is 1. The van der Waals surface area contributed by atoms with Gasteiger partial charge in [-0.3, -0.25) is 4.79 Å². The fourth-order valence-corrected chi connectivity index (χ4v) is 3.34. The number of hydrogen-bond acceptors (Lipinski definition) is 5. The summed E-state index contributed by atoms with van der Waals surface area (Å²) >= 11 is 1.60. The van der Waals surface area contributed by atoms with Crippen LogP contribution in [0.15, 0.2) is 51.8 Å². The third kappa shape index (κ3) is 1.80. The van der Waals surface area contributed by atoms with Crippen molar-refractivity contribution in [1.29, 1.82) is 0 Å². The number of amides is 1. The quantitative estimate of drug-likeness (QED) is 0.812. The minimum Gasteiger partial charge on any atom is -0.273 e. The van der Waals surface area contributed by atoms with Gasteiger partial charge in [0, 0.05) is 12.5 Å². The molecule has 0 radical (unpaired) electrons. The first kappa shape index (κ1) is 12.3. The Morgan fingerprint density at radius 2 is 2.10 bits per heavy atom. The van der Waals surface area contributed by atoms with Gasteiger partial charge >= 0.3 is 0 Å². The lowest BCUT2D eigenvalue weighted by molar-refractivity contribution is -0.138. The van der Waals surface area contributed by atoms with Crippen molar-refractivity contribution < 1.29 is 4.79 Å². The third-order valence-electron chi connectivity index (χ3n) is 3.50. The van der Waals surface area contributed by atoms with Crippen molar-refractivity contribution in [2.75, 3.05) is 0 Å². The first-order valence-corrected chi connectivity index (χ1v) is 7.47. The molecule has 2 aliphatic heterocycles. The van der Waals surface area contributed by atoms with Crippen LogP contribution >= 0.6 is 11.3 Å². The van der Waals surface area contributed by atoms with Gasteiger partial charge in [0.15, 0.2) is 12.0 Å². The van der Waals surface area contributed by atoms with E-state index < -0.39 is 0 Å². The van der Waals surface area contributed by atoms with Crippen molar-refractivity contribution in [3.63, 3.8) is 0 Å². The molecule has 0 spiro atoms. The number of nitrogens with zero attached hydrogens (tertiary/aromatic N) is 4. The lowest BCUT2D eigenvalue weighted by atomic mass is 10.1. The van der Waals surface area contributed by atoms with Crippen molar-refractivity contribution >= 4 is 35.1 Å². The minimum atomic E-state index is -0.310. The second kappa shape index (κ2) is 4.53. The molecule has 1 aromatic carbocycles. The molecule has 104 valence electrons. The highest BCUT2D eigenvalue weighted by atomic mass is 32.1. The minimum absolute atomic E-state index is 0.0574. The molecule has 6 heteroatoms. The van der Waals surface area contributed by atoms with Crippen LogP contribution in [-0.4, -0.2) is 28.1 Å². The molecule has 4 rings (SSSR count). The van der Waals surface area contributed by atoms with Gasteiger partial charge in [0.05, 0.1) is 10.6 Å². The smallest absolute Gasteiger partial charge is 0.240 e. The summed E-state index contributed by atoms with van der Waals surface area (Å²) in [7, 11) is 0. The van der Waals surface area contributed by atoms with E-state index in [1.165, 1.54) is 0 Å². The summed E-state index contributed by atoms with van der Waals surface area (Å²) in [6.07, 6.45) is 1.35.